The number of non-ortho nitro benzene ring substituents is 1. The van der Waals surface area contributed by atoms with Gasteiger partial charge in [0, 0.05) is 30.0 Å². The van der Waals surface area contributed by atoms with Gasteiger partial charge in [-0.1, -0.05) is 18.2 Å². The summed E-state index contributed by atoms with van der Waals surface area (Å²) >= 11 is 0. The van der Waals surface area contributed by atoms with Crippen LogP contribution >= 0.6 is 0 Å². The molecular weight excluding hydrogens is 464 g/mol. The van der Waals surface area contributed by atoms with E-state index in [1.807, 2.05) is 42.5 Å². The predicted octanol–water partition coefficient (Wildman–Crippen LogP) is 5.61. The van der Waals surface area contributed by atoms with E-state index in [1.54, 1.807) is 28.4 Å². The standard InChI is InChI=1S/C27H26N2O7/c1-33-24-12-7-18(5-6-19-16-25(34-2)27(36-4)26(17-19)35-3)15-22(24)28-14-13-23(30)20-8-10-21(11-9-20)29(31)32/h5-17,28H,1-4H3/b6-5-,14-13-. The molecule has 0 heterocycles. The van der Waals surface area contributed by atoms with Crippen LogP contribution in [0.2, 0.25) is 0 Å². The monoisotopic (exact) mass is 490 g/mol. The summed E-state index contributed by atoms with van der Waals surface area (Å²) in [4.78, 5) is 22.6. The van der Waals surface area contributed by atoms with Crippen molar-refractivity contribution in [2.45, 2.75) is 0 Å². The van der Waals surface area contributed by atoms with Crippen molar-refractivity contribution in [3.8, 4) is 23.0 Å². The molecule has 0 atom stereocenters. The highest BCUT2D eigenvalue weighted by atomic mass is 16.6. The van der Waals surface area contributed by atoms with Gasteiger partial charge in [-0.05, 0) is 47.5 Å². The number of benzene rings is 3. The molecule has 9 heteroatoms. The highest BCUT2D eigenvalue weighted by Gasteiger charge is 2.12. The molecule has 0 unspecified atom stereocenters. The summed E-state index contributed by atoms with van der Waals surface area (Å²) in [6, 6.07) is 14.7. The van der Waals surface area contributed by atoms with E-state index in [0.717, 1.165) is 11.1 Å². The van der Waals surface area contributed by atoms with Crippen molar-refractivity contribution < 1.29 is 28.7 Å². The Labute approximate surface area is 208 Å². The van der Waals surface area contributed by atoms with Gasteiger partial charge >= 0.3 is 0 Å². The summed E-state index contributed by atoms with van der Waals surface area (Å²) in [5.41, 5.74) is 2.64. The molecule has 186 valence electrons. The molecule has 0 aromatic heterocycles. The Hall–Kier alpha value is -4.79. The molecule has 0 saturated carbocycles. The Morgan fingerprint density at radius 2 is 1.42 bits per heavy atom. The first-order valence-electron chi connectivity index (χ1n) is 10.8. The van der Waals surface area contributed by atoms with Gasteiger partial charge in [0.2, 0.25) is 5.75 Å². The topological polar surface area (TPSA) is 109 Å². The van der Waals surface area contributed by atoms with E-state index in [2.05, 4.69) is 5.32 Å². The van der Waals surface area contributed by atoms with Gasteiger partial charge in [-0.3, -0.25) is 14.9 Å². The van der Waals surface area contributed by atoms with Crippen molar-refractivity contribution in [2.75, 3.05) is 33.8 Å². The van der Waals surface area contributed by atoms with Crippen molar-refractivity contribution >= 4 is 29.3 Å². The molecule has 0 amide bonds. The van der Waals surface area contributed by atoms with E-state index in [0.29, 0.717) is 34.2 Å². The minimum Gasteiger partial charge on any atom is -0.495 e. The Bertz CT molecular complexity index is 1270. The number of nitro groups is 1. The zero-order valence-electron chi connectivity index (χ0n) is 20.3. The third-order valence-corrected chi connectivity index (χ3v) is 5.22. The van der Waals surface area contributed by atoms with Gasteiger partial charge in [0.1, 0.15) is 5.75 Å². The molecule has 1 N–H and O–H groups in total. The quantitative estimate of drug-likeness (QED) is 0.121. The third-order valence-electron chi connectivity index (χ3n) is 5.22. The fourth-order valence-electron chi connectivity index (χ4n) is 3.38. The van der Waals surface area contributed by atoms with Crippen molar-refractivity contribution in [2.24, 2.45) is 0 Å². The highest BCUT2D eigenvalue weighted by molar-refractivity contribution is 6.04. The van der Waals surface area contributed by atoms with Gasteiger partial charge in [-0.25, -0.2) is 0 Å². The van der Waals surface area contributed by atoms with Gasteiger partial charge in [0.15, 0.2) is 17.3 Å². The number of nitrogens with zero attached hydrogens (tertiary/aromatic N) is 1. The van der Waals surface area contributed by atoms with Gasteiger partial charge in [-0.15, -0.1) is 0 Å². The number of ether oxygens (including phenoxy) is 4. The fraction of sp³-hybridized carbons (Fsp3) is 0.148. The SMILES string of the molecule is COc1ccc(/C=C\c2cc(OC)c(OC)c(OC)c2)cc1N/C=C\C(=O)c1ccc([N+](=O)[O-])cc1. The number of rotatable bonds is 11. The molecule has 0 radical (unpaired) electrons. The van der Waals surface area contributed by atoms with Gasteiger partial charge in [-0.2, -0.15) is 0 Å². The molecule has 0 bridgehead atoms. The van der Waals surface area contributed by atoms with E-state index in [4.69, 9.17) is 18.9 Å². The van der Waals surface area contributed by atoms with Crippen LogP contribution in [0.1, 0.15) is 21.5 Å². The predicted molar refractivity (Wildman–Crippen MR) is 138 cm³/mol. The van der Waals surface area contributed by atoms with Crippen molar-refractivity contribution in [3.63, 3.8) is 0 Å². The molecule has 0 aliphatic carbocycles. The van der Waals surface area contributed by atoms with Gasteiger partial charge in [0.05, 0.1) is 39.0 Å². The van der Waals surface area contributed by atoms with Crippen LogP contribution in [0.15, 0.2) is 66.9 Å². The van der Waals surface area contributed by atoms with Crippen LogP contribution < -0.4 is 24.3 Å². The van der Waals surface area contributed by atoms with Gasteiger partial charge < -0.3 is 24.3 Å². The normalized spacial score (nSPS) is 10.9. The Morgan fingerprint density at radius 1 is 0.806 bits per heavy atom. The van der Waals surface area contributed by atoms with E-state index in [1.165, 1.54) is 36.5 Å². The third kappa shape index (κ3) is 6.20. The fourth-order valence-corrected chi connectivity index (χ4v) is 3.38. The summed E-state index contributed by atoms with van der Waals surface area (Å²) < 4.78 is 21.6. The van der Waals surface area contributed by atoms with E-state index < -0.39 is 4.92 Å². The molecule has 0 spiro atoms. The molecule has 0 aliphatic heterocycles. The average molecular weight is 491 g/mol. The molecule has 3 aromatic carbocycles. The van der Waals surface area contributed by atoms with E-state index in [-0.39, 0.29) is 11.5 Å². The number of carbonyl (C=O) groups excluding carboxylic acids is 1. The minimum atomic E-state index is -0.513. The number of ketones is 1. The summed E-state index contributed by atoms with van der Waals surface area (Å²) in [7, 11) is 6.23. The number of hydrogen-bond donors (Lipinski definition) is 1. The maximum atomic E-state index is 12.4. The smallest absolute Gasteiger partial charge is 0.269 e. The minimum absolute atomic E-state index is 0.0743. The lowest BCUT2D eigenvalue weighted by molar-refractivity contribution is -0.384. The second kappa shape index (κ2) is 12.1. The van der Waals surface area contributed by atoms with Crippen molar-refractivity contribution in [1.82, 2.24) is 0 Å². The lowest BCUT2D eigenvalue weighted by Gasteiger charge is -2.13. The molecule has 0 saturated heterocycles. The lowest BCUT2D eigenvalue weighted by atomic mass is 10.1. The molecule has 0 fully saturated rings. The average Bonchev–Trinajstić information content (AvgIpc) is 2.91. The van der Waals surface area contributed by atoms with Crippen LogP contribution in [0, 0.1) is 10.1 Å². The van der Waals surface area contributed by atoms with Crippen LogP contribution in [-0.2, 0) is 0 Å². The molecular formula is C27H26N2O7. The number of anilines is 1. The second-order valence-corrected chi connectivity index (χ2v) is 7.40. The van der Waals surface area contributed by atoms with E-state index >= 15 is 0 Å². The largest absolute Gasteiger partial charge is 0.495 e. The maximum Gasteiger partial charge on any atom is 0.269 e. The number of allylic oxidation sites excluding steroid dienone is 1. The first kappa shape index (κ1) is 25.8. The maximum absolute atomic E-state index is 12.4. The second-order valence-electron chi connectivity index (χ2n) is 7.40. The zero-order valence-corrected chi connectivity index (χ0v) is 20.3. The first-order chi connectivity index (χ1) is 17.4. The van der Waals surface area contributed by atoms with Crippen LogP contribution in [0.4, 0.5) is 11.4 Å². The molecule has 3 aromatic rings. The Kier molecular flexibility index (Phi) is 8.66. The Balaban J connectivity index is 1.77. The van der Waals surface area contributed by atoms with E-state index in [9.17, 15) is 14.9 Å². The Morgan fingerprint density at radius 3 is 1.97 bits per heavy atom. The van der Waals surface area contributed by atoms with Crippen LogP contribution in [0.25, 0.3) is 12.2 Å². The van der Waals surface area contributed by atoms with Crippen LogP contribution in [0.3, 0.4) is 0 Å². The van der Waals surface area contributed by atoms with Gasteiger partial charge in [0.25, 0.3) is 5.69 Å². The summed E-state index contributed by atoms with van der Waals surface area (Å²) in [6.07, 6.45) is 6.66. The van der Waals surface area contributed by atoms with Crippen molar-refractivity contribution in [1.29, 1.82) is 0 Å². The van der Waals surface area contributed by atoms with Crippen molar-refractivity contribution in [3.05, 3.63) is 93.7 Å². The number of nitrogens with one attached hydrogen (secondary N) is 1. The molecule has 0 aliphatic rings. The molecule has 9 nitrogen and oxygen atoms in total. The number of carbonyl (C=O) groups is 1. The number of methoxy groups -OCH3 is 4. The first-order valence-corrected chi connectivity index (χ1v) is 10.8. The number of nitro benzene ring substituents is 1. The summed E-state index contributed by atoms with van der Waals surface area (Å²) in [5.74, 6) is 1.91. The van der Waals surface area contributed by atoms with Crippen LogP contribution in [0.5, 0.6) is 23.0 Å². The summed E-state index contributed by atoms with van der Waals surface area (Å²) in [6.45, 7) is 0. The van der Waals surface area contributed by atoms with Crippen LogP contribution in [-0.4, -0.2) is 39.1 Å². The molecule has 3 rings (SSSR count). The lowest BCUT2D eigenvalue weighted by Crippen LogP contribution is -1.98. The molecule has 36 heavy (non-hydrogen) atoms. The number of hydrogen-bond acceptors (Lipinski definition) is 8. The summed E-state index contributed by atoms with van der Waals surface area (Å²) in [5, 5.41) is 13.8. The highest BCUT2D eigenvalue weighted by Crippen LogP contribution is 2.38. The zero-order chi connectivity index (χ0) is 26.1.